The summed E-state index contributed by atoms with van der Waals surface area (Å²) < 4.78 is 1.86. The summed E-state index contributed by atoms with van der Waals surface area (Å²) >= 11 is 0. The van der Waals surface area contributed by atoms with Crippen molar-refractivity contribution in [3.05, 3.63) is 33.8 Å². The van der Waals surface area contributed by atoms with Crippen LogP contribution in [0.3, 0.4) is 0 Å². The molecular weight excluding hydrogens is 390 g/mol. The van der Waals surface area contributed by atoms with E-state index in [4.69, 9.17) is 11.1 Å². The first-order chi connectivity index (χ1) is 14.9. The Bertz CT molecular complexity index is 1030. The topological polar surface area (TPSA) is 121 Å². The third-order valence-corrected chi connectivity index (χ3v) is 6.83. The lowest BCUT2D eigenvalue weighted by atomic mass is 9.94. The van der Waals surface area contributed by atoms with Crippen molar-refractivity contribution in [2.24, 2.45) is 17.8 Å². The van der Waals surface area contributed by atoms with Crippen molar-refractivity contribution >= 4 is 22.4 Å². The van der Waals surface area contributed by atoms with Crippen LogP contribution < -0.4 is 11.3 Å². The highest BCUT2D eigenvalue weighted by Gasteiger charge is 2.43. The van der Waals surface area contributed by atoms with Crippen molar-refractivity contribution in [2.75, 3.05) is 12.3 Å². The van der Waals surface area contributed by atoms with Gasteiger partial charge in [0.1, 0.15) is 5.39 Å². The zero-order valence-electron chi connectivity index (χ0n) is 18.7. The minimum absolute atomic E-state index is 0.0952. The number of allylic oxidation sites excluding steroid dienone is 2. The summed E-state index contributed by atoms with van der Waals surface area (Å²) in [6.07, 6.45) is 12.3. The number of nitrogens with two attached hydrogens (primary N) is 1. The van der Waals surface area contributed by atoms with Gasteiger partial charge in [-0.25, -0.2) is 0 Å². The van der Waals surface area contributed by atoms with E-state index in [9.17, 15) is 9.90 Å². The van der Waals surface area contributed by atoms with Crippen LogP contribution in [0.1, 0.15) is 76.8 Å². The van der Waals surface area contributed by atoms with Gasteiger partial charge in [0, 0.05) is 24.4 Å². The molecule has 2 aromatic heterocycles. The van der Waals surface area contributed by atoms with Crippen molar-refractivity contribution in [1.29, 1.82) is 5.41 Å². The molecule has 2 aliphatic carbocycles. The van der Waals surface area contributed by atoms with Crippen LogP contribution in [0.2, 0.25) is 0 Å². The number of hydrogen-bond donors (Lipinski definition) is 4. The average molecular weight is 426 g/mol. The van der Waals surface area contributed by atoms with Gasteiger partial charge in [0.05, 0.1) is 11.2 Å². The number of rotatable bonds is 11. The third-order valence-electron chi connectivity index (χ3n) is 6.83. The van der Waals surface area contributed by atoms with Gasteiger partial charge in [-0.2, -0.15) is 5.10 Å². The Balaban J connectivity index is 1.69. The second kappa shape index (κ2) is 8.99. The SMILES string of the molecule is CCCC[C@H](CO)C/C(C)=C/C(=N)c1cn(C(C2CC2)C2CC2)c(=O)c2c(N)n[nH]c12. The van der Waals surface area contributed by atoms with Gasteiger partial charge in [0.2, 0.25) is 0 Å². The number of nitrogens with one attached hydrogen (secondary N) is 2. The minimum atomic E-state index is -0.0952. The molecule has 0 amide bonds. The molecule has 2 heterocycles. The van der Waals surface area contributed by atoms with Crippen LogP contribution in [0, 0.1) is 23.2 Å². The largest absolute Gasteiger partial charge is 0.396 e. The van der Waals surface area contributed by atoms with Gasteiger partial charge < -0.3 is 20.8 Å². The fraction of sp³-hybridized carbons (Fsp3) is 0.625. The summed E-state index contributed by atoms with van der Waals surface area (Å²) in [7, 11) is 0. The maximum absolute atomic E-state index is 13.3. The standard InChI is InChI=1S/C24H35N5O2/c1-3-4-5-15(13-30)10-14(2)11-19(25)18-12-29(22(16-6-7-16)17-8-9-17)24(31)20-21(18)27-28-23(20)26/h11-12,15-17,22,25,30H,3-10,13H2,1-2H3,(H3,26,27,28)/b14-11+,25-19?/t15-/m0/s1. The number of aromatic nitrogens is 3. The second-order valence-electron chi connectivity index (χ2n) is 9.58. The first-order valence-electron chi connectivity index (χ1n) is 11.7. The summed E-state index contributed by atoms with van der Waals surface area (Å²) in [6.45, 7) is 4.32. The quantitative estimate of drug-likeness (QED) is 0.404. The van der Waals surface area contributed by atoms with E-state index in [2.05, 4.69) is 17.1 Å². The van der Waals surface area contributed by atoms with Crippen LogP contribution in [0.25, 0.3) is 10.9 Å². The van der Waals surface area contributed by atoms with Crippen LogP contribution in [-0.2, 0) is 0 Å². The zero-order valence-corrected chi connectivity index (χ0v) is 18.7. The molecule has 7 nitrogen and oxygen atoms in total. The minimum Gasteiger partial charge on any atom is -0.396 e. The van der Waals surface area contributed by atoms with Gasteiger partial charge in [0.25, 0.3) is 5.56 Å². The first kappa shape index (κ1) is 21.8. The first-order valence-corrected chi connectivity index (χ1v) is 11.7. The van der Waals surface area contributed by atoms with Crippen LogP contribution in [0.5, 0.6) is 0 Å². The number of pyridine rings is 1. The summed E-state index contributed by atoms with van der Waals surface area (Å²) in [5.74, 6) is 1.53. The maximum Gasteiger partial charge on any atom is 0.264 e. The van der Waals surface area contributed by atoms with E-state index >= 15 is 0 Å². The smallest absolute Gasteiger partial charge is 0.264 e. The predicted octanol–water partition coefficient (Wildman–Crippen LogP) is 4.17. The zero-order chi connectivity index (χ0) is 22.1. The van der Waals surface area contributed by atoms with Crippen molar-refractivity contribution < 1.29 is 5.11 Å². The molecule has 4 rings (SSSR count). The molecular formula is C24H35N5O2. The van der Waals surface area contributed by atoms with E-state index < -0.39 is 0 Å². The Morgan fingerprint density at radius 1 is 1.39 bits per heavy atom. The lowest BCUT2D eigenvalue weighted by Gasteiger charge is -2.21. The number of aromatic amines is 1. The van der Waals surface area contributed by atoms with Crippen molar-refractivity contribution in [1.82, 2.24) is 14.8 Å². The molecule has 2 saturated carbocycles. The van der Waals surface area contributed by atoms with Crippen molar-refractivity contribution in [2.45, 2.75) is 71.3 Å². The second-order valence-corrected chi connectivity index (χ2v) is 9.58. The predicted molar refractivity (Wildman–Crippen MR) is 125 cm³/mol. The van der Waals surface area contributed by atoms with Crippen LogP contribution in [0.15, 0.2) is 22.6 Å². The lowest BCUT2D eigenvalue weighted by Crippen LogP contribution is -2.28. The molecule has 5 N–H and O–H groups in total. The fourth-order valence-electron chi connectivity index (χ4n) is 4.89. The molecule has 7 heteroatoms. The van der Waals surface area contributed by atoms with E-state index in [0.29, 0.717) is 34.0 Å². The molecule has 0 radical (unpaired) electrons. The van der Waals surface area contributed by atoms with Gasteiger partial charge >= 0.3 is 0 Å². The number of aliphatic hydroxyl groups is 1. The number of hydrogen-bond acceptors (Lipinski definition) is 5. The summed E-state index contributed by atoms with van der Waals surface area (Å²) in [4.78, 5) is 13.3. The molecule has 31 heavy (non-hydrogen) atoms. The van der Waals surface area contributed by atoms with Crippen molar-refractivity contribution in [3.8, 4) is 0 Å². The summed E-state index contributed by atoms with van der Waals surface area (Å²) in [5, 5.41) is 25.9. The van der Waals surface area contributed by atoms with Crippen LogP contribution in [0.4, 0.5) is 5.82 Å². The monoisotopic (exact) mass is 425 g/mol. The summed E-state index contributed by atoms with van der Waals surface area (Å²) in [6, 6.07) is 0.204. The van der Waals surface area contributed by atoms with Crippen LogP contribution >= 0.6 is 0 Å². The number of aliphatic hydroxyl groups excluding tert-OH is 1. The number of anilines is 1. The van der Waals surface area contributed by atoms with Crippen molar-refractivity contribution in [3.63, 3.8) is 0 Å². The molecule has 2 fully saturated rings. The van der Waals surface area contributed by atoms with E-state index in [1.54, 1.807) is 0 Å². The van der Waals surface area contributed by atoms with E-state index in [0.717, 1.165) is 31.3 Å². The highest BCUT2D eigenvalue weighted by atomic mass is 16.3. The van der Waals surface area contributed by atoms with Crippen LogP contribution in [-0.4, -0.2) is 32.2 Å². The third kappa shape index (κ3) is 4.61. The van der Waals surface area contributed by atoms with Gasteiger partial charge in [-0.05, 0) is 69.3 Å². The Morgan fingerprint density at radius 2 is 2.06 bits per heavy atom. The highest BCUT2D eigenvalue weighted by Crippen LogP contribution is 2.51. The van der Waals surface area contributed by atoms with Gasteiger partial charge in [0.15, 0.2) is 5.82 Å². The van der Waals surface area contributed by atoms with E-state index in [1.807, 2.05) is 23.8 Å². The fourth-order valence-corrected chi connectivity index (χ4v) is 4.89. The molecule has 0 spiro atoms. The average Bonchev–Trinajstić information content (AvgIpc) is 3.67. The molecule has 2 aromatic rings. The van der Waals surface area contributed by atoms with Gasteiger partial charge in [-0.3, -0.25) is 9.89 Å². The van der Waals surface area contributed by atoms with Gasteiger partial charge in [-0.1, -0.05) is 25.3 Å². The van der Waals surface area contributed by atoms with E-state index in [-0.39, 0.29) is 29.9 Å². The normalized spacial score (nSPS) is 18.1. The number of H-pyrrole nitrogens is 1. The molecule has 0 unspecified atom stereocenters. The molecule has 2 aliphatic rings. The van der Waals surface area contributed by atoms with Gasteiger partial charge in [-0.15, -0.1) is 0 Å². The molecule has 0 aliphatic heterocycles. The summed E-state index contributed by atoms with van der Waals surface area (Å²) in [5.41, 5.74) is 8.58. The molecule has 0 saturated heterocycles. The Kier molecular flexibility index (Phi) is 6.32. The number of nitrogen functional groups attached to an aromatic ring is 1. The maximum atomic E-state index is 13.3. The number of unbranched alkanes of at least 4 members (excludes halogenated alkanes) is 1. The molecule has 1 atom stereocenters. The van der Waals surface area contributed by atoms with E-state index in [1.165, 1.54) is 25.7 Å². The number of fused-ring (bicyclic) bond motifs is 1. The lowest BCUT2D eigenvalue weighted by molar-refractivity contribution is 0.215. The highest BCUT2D eigenvalue weighted by molar-refractivity contribution is 6.14. The Hall–Kier alpha value is -2.41. The molecule has 168 valence electrons. The number of nitrogens with zero attached hydrogens (tertiary/aromatic N) is 2. The Labute approximate surface area is 183 Å². The molecule has 0 aromatic carbocycles. The Morgan fingerprint density at radius 3 is 2.65 bits per heavy atom. The molecule has 0 bridgehead atoms.